The second-order valence-electron chi connectivity index (χ2n) is 12.6. The SMILES string of the molecule is COc1cc(C(=O)N2CC3CCC2C3N)cc2nc(-c3cc4ccc(-c5ccc(C(N)=O)cc5)nc4n3CC3CC3)n(C)c12. The van der Waals surface area contributed by atoms with E-state index in [2.05, 4.69) is 21.3 Å². The van der Waals surface area contributed by atoms with Crippen LogP contribution >= 0.6 is 0 Å². The number of piperidine rings is 1. The van der Waals surface area contributed by atoms with Crippen molar-refractivity contribution in [2.24, 2.45) is 30.4 Å². The van der Waals surface area contributed by atoms with Gasteiger partial charge in [0.2, 0.25) is 5.91 Å². The summed E-state index contributed by atoms with van der Waals surface area (Å²) in [7, 11) is 3.63. The van der Waals surface area contributed by atoms with Crippen LogP contribution in [0.3, 0.4) is 0 Å². The molecule has 224 valence electrons. The van der Waals surface area contributed by atoms with Crippen molar-refractivity contribution in [3.8, 4) is 28.5 Å². The largest absolute Gasteiger partial charge is 0.494 e. The van der Waals surface area contributed by atoms with Crippen LogP contribution in [0.4, 0.5) is 0 Å². The van der Waals surface area contributed by atoms with Gasteiger partial charge in [0.05, 0.1) is 24.0 Å². The molecule has 3 atom stereocenters. The third-order valence-corrected chi connectivity index (χ3v) is 9.89. The van der Waals surface area contributed by atoms with E-state index in [0.29, 0.717) is 40.8 Å². The van der Waals surface area contributed by atoms with Crippen LogP contribution in [0, 0.1) is 11.8 Å². The van der Waals surface area contributed by atoms with Gasteiger partial charge in [-0.1, -0.05) is 12.1 Å². The number of carbonyl (C=O) groups excluding carboxylic acids is 2. The van der Waals surface area contributed by atoms with Crippen molar-refractivity contribution in [2.75, 3.05) is 13.7 Å². The lowest BCUT2D eigenvalue weighted by atomic mass is 10.1. The zero-order valence-electron chi connectivity index (χ0n) is 24.9. The summed E-state index contributed by atoms with van der Waals surface area (Å²) in [4.78, 5) is 37.4. The zero-order chi connectivity index (χ0) is 30.3. The highest BCUT2D eigenvalue weighted by atomic mass is 16.5. The lowest BCUT2D eigenvalue weighted by molar-refractivity contribution is 0.0700. The van der Waals surface area contributed by atoms with Gasteiger partial charge in [-0.25, -0.2) is 9.97 Å². The van der Waals surface area contributed by atoms with E-state index in [1.54, 1.807) is 19.2 Å². The number of carbonyl (C=O) groups is 2. The number of methoxy groups -OCH3 is 1. The average Bonchev–Trinajstić information content (AvgIpc) is 3.44. The van der Waals surface area contributed by atoms with Crippen molar-refractivity contribution in [2.45, 2.75) is 44.3 Å². The molecule has 3 aliphatic rings. The quantitative estimate of drug-likeness (QED) is 0.290. The third kappa shape index (κ3) is 4.19. The first-order chi connectivity index (χ1) is 21.3. The van der Waals surface area contributed by atoms with Crippen molar-refractivity contribution in [1.82, 2.24) is 24.0 Å². The molecule has 2 aliphatic carbocycles. The first kappa shape index (κ1) is 26.9. The lowest BCUT2D eigenvalue weighted by Gasteiger charge is -2.27. The van der Waals surface area contributed by atoms with Gasteiger partial charge in [0.1, 0.15) is 16.9 Å². The molecule has 8 rings (SSSR count). The minimum absolute atomic E-state index is 0.0107. The van der Waals surface area contributed by atoms with Crippen molar-refractivity contribution in [1.29, 1.82) is 0 Å². The number of hydrogen-bond donors (Lipinski definition) is 2. The van der Waals surface area contributed by atoms with Gasteiger partial charge >= 0.3 is 0 Å². The molecular weight excluding hydrogens is 554 g/mol. The standard InChI is InChI=1S/C34H35N7O3/c1-39-30-25(13-23(15-28(30)44-2)34(43)41-17-22-10-12-26(41)29(22)35)38-33(39)27-14-21-9-11-24(19-5-7-20(8-6-19)31(36)42)37-32(21)40(27)16-18-3-4-18/h5-9,11,13-15,18,22,26,29H,3-4,10,12,16-17,35H2,1-2H3,(H2,36,42). The Hall–Kier alpha value is -4.70. The van der Waals surface area contributed by atoms with Crippen molar-refractivity contribution in [3.63, 3.8) is 0 Å². The smallest absolute Gasteiger partial charge is 0.254 e. The molecule has 4 N–H and O–H groups in total. The summed E-state index contributed by atoms with van der Waals surface area (Å²) in [6.07, 6.45) is 4.44. The van der Waals surface area contributed by atoms with Gasteiger partial charge in [0.15, 0.2) is 5.82 Å². The number of ether oxygens (including phenoxy) is 1. The van der Waals surface area contributed by atoms with E-state index < -0.39 is 5.91 Å². The number of aromatic nitrogens is 4. The van der Waals surface area contributed by atoms with E-state index in [4.69, 9.17) is 26.2 Å². The van der Waals surface area contributed by atoms with Gasteiger partial charge in [-0.2, -0.15) is 0 Å². The summed E-state index contributed by atoms with van der Waals surface area (Å²) in [5.41, 5.74) is 18.0. The number of likely N-dealkylation sites (tertiary alicyclic amines) is 1. The van der Waals surface area contributed by atoms with Crippen LogP contribution in [-0.2, 0) is 13.6 Å². The Labute approximate surface area is 254 Å². The van der Waals surface area contributed by atoms with Gasteiger partial charge in [-0.05, 0) is 80.0 Å². The second kappa shape index (κ2) is 9.92. The average molecular weight is 590 g/mol. The minimum atomic E-state index is -0.453. The molecule has 2 amide bonds. The number of primary amides is 1. The van der Waals surface area contributed by atoms with Crippen LogP contribution in [0.25, 0.3) is 44.8 Å². The number of fused-ring (bicyclic) bond motifs is 4. The molecule has 44 heavy (non-hydrogen) atoms. The molecule has 2 aromatic carbocycles. The number of nitrogens with zero attached hydrogens (tertiary/aromatic N) is 5. The Balaban J connectivity index is 1.22. The first-order valence-corrected chi connectivity index (χ1v) is 15.3. The highest BCUT2D eigenvalue weighted by molar-refractivity contribution is 6.00. The summed E-state index contributed by atoms with van der Waals surface area (Å²) in [5.74, 6) is 1.92. The zero-order valence-corrected chi connectivity index (χ0v) is 24.9. The topological polar surface area (TPSA) is 134 Å². The fraction of sp³-hybridized carbons (Fsp3) is 0.353. The Morgan fingerprint density at radius 3 is 2.43 bits per heavy atom. The number of rotatable bonds is 7. The van der Waals surface area contributed by atoms with Crippen LogP contribution in [0.15, 0.2) is 54.6 Å². The minimum Gasteiger partial charge on any atom is -0.494 e. The van der Waals surface area contributed by atoms with Crippen LogP contribution in [0.5, 0.6) is 5.75 Å². The van der Waals surface area contributed by atoms with Crippen molar-refractivity contribution >= 4 is 33.9 Å². The van der Waals surface area contributed by atoms with E-state index in [-0.39, 0.29) is 18.0 Å². The van der Waals surface area contributed by atoms with E-state index in [0.717, 1.165) is 58.7 Å². The van der Waals surface area contributed by atoms with Gasteiger partial charge in [-0.3, -0.25) is 9.59 Å². The van der Waals surface area contributed by atoms with Gasteiger partial charge in [0, 0.05) is 54.3 Å². The Kier molecular flexibility index (Phi) is 6.06. The molecule has 3 aromatic heterocycles. The second-order valence-corrected chi connectivity index (χ2v) is 12.6. The number of imidazole rings is 1. The molecule has 2 bridgehead atoms. The summed E-state index contributed by atoms with van der Waals surface area (Å²) in [5, 5.41) is 1.02. The van der Waals surface area contributed by atoms with E-state index >= 15 is 0 Å². The highest BCUT2D eigenvalue weighted by Gasteiger charge is 2.47. The number of aryl methyl sites for hydroxylation is 1. The Morgan fingerprint density at radius 1 is 0.977 bits per heavy atom. The van der Waals surface area contributed by atoms with Gasteiger partial charge in [-0.15, -0.1) is 0 Å². The van der Waals surface area contributed by atoms with Crippen molar-refractivity contribution in [3.05, 3.63) is 65.7 Å². The number of hydrogen-bond acceptors (Lipinski definition) is 6. The maximum Gasteiger partial charge on any atom is 0.254 e. The number of benzene rings is 2. The van der Waals surface area contributed by atoms with Crippen LogP contribution in [0.2, 0.25) is 0 Å². The van der Waals surface area contributed by atoms with E-state index in [1.165, 1.54) is 12.8 Å². The molecule has 3 unspecified atom stereocenters. The predicted molar refractivity (Wildman–Crippen MR) is 168 cm³/mol. The lowest BCUT2D eigenvalue weighted by Crippen LogP contribution is -2.41. The molecule has 4 heterocycles. The fourth-order valence-corrected chi connectivity index (χ4v) is 7.29. The normalized spacial score (nSPS) is 21.1. The van der Waals surface area contributed by atoms with Gasteiger partial charge in [0.25, 0.3) is 5.91 Å². The molecule has 5 aromatic rings. The predicted octanol–water partition coefficient (Wildman–Crippen LogP) is 4.34. The number of amides is 2. The van der Waals surface area contributed by atoms with Crippen LogP contribution in [0.1, 0.15) is 46.4 Å². The molecular formula is C34H35N7O3. The molecule has 1 aliphatic heterocycles. The summed E-state index contributed by atoms with van der Waals surface area (Å²) < 4.78 is 10.2. The van der Waals surface area contributed by atoms with E-state index in [1.807, 2.05) is 42.3 Å². The van der Waals surface area contributed by atoms with E-state index in [9.17, 15) is 9.59 Å². The maximum atomic E-state index is 13.7. The fourth-order valence-electron chi connectivity index (χ4n) is 7.29. The molecule has 1 saturated heterocycles. The highest BCUT2D eigenvalue weighted by Crippen LogP contribution is 2.40. The number of pyridine rings is 1. The molecule has 3 fully saturated rings. The maximum absolute atomic E-state index is 13.7. The van der Waals surface area contributed by atoms with Crippen LogP contribution in [-0.4, -0.2) is 61.6 Å². The first-order valence-electron chi connectivity index (χ1n) is 15.3. The monoisotopic (exact) mass is 589 g/mol. The molecule has 0 spiro atoms. The third-order valence-electron chi connectivity index (χ3n) is 9.89. The number of nitrogens with two attached hydrogens (primary N) is 2. The molecule has 2 saturated carbocycles. The summed E-state index contributed by atoms with van der Waals surface area (Å²) >= 11 is 0. The Morgan fingerprint density at radius 2 is 1.77 bits per heavy atom. The molecule has 0 radical (unpaired) electrons. The van der Waals surface area contributed by atoms with Crippen molar-refractivity contribution < 1.29 is 14.3 Å². The van der Waals surface area contributed by atoms with Gasteiger partial charge < -0.3 is 30.2 Å². The summed E-state index contributed by atoms with van der Waals surface area (Å²) in [6.45, 7) is 1.56. The van der Waals surface area contributed by atoms with Crippen LogP contribution < -0.4 is 16.2 Å². The summed E-state index contributed by atoms with van der Waals surface area (Å²) in [6, 6.07) is 17.3. The Bertz CT molecular complexity index is 1970. The molecule has 10 heteroatoms. The molecule has 10 nitrogen and oxygen atoms in total.